The largest absolute Gasteiger partial charge is 0.476 e. The van der Waals surface area contributed by atoms with E-state index >= 15 is 0 Å². The van der Waals surface area contributed by atoms with Crippen LogP contribution in [0.1, 0.15) is 33.5 Å². The van der Waals surface area contributed by atoms with E-state index in [1.165, 1.54) is 7.11 Å². The molecule has 18 heavy (non-hydrogen) atoms. The number of hydrogen-bond acceptors (Lipinski definition) is 6. The summed E-state index contributed by atoms with van der Waals surface area (Å²) in [5.41, 5.74) is -0.542. The lowest BCUT2D eigenvalue weighted by Gasteiger charge is -2.18. The van der Waals surface area contributed by atoms with Crippen LogP contribution in [-0.4, -0.2) is 28.5 Å². The standard InChI is InChI=1S/C11H18N4O3/c1-6-12-8-7(15(16)17)9(18-5)14-10(13-8)11(2,3)4/h6H2,1-5H3,(H,12,13,14). The van der Waals surface area contributed by atoms with Gasteiger partial charge in [-0.1, -0.05) is 20.8 Å². The number of aromatic nitrogens is 2. The Morgan fingerprint density at radius 2 is 2.00 bits per heavy atom. The first kappa shape index (κ1) is 14.1. The number of nitrogens with one attached hydrogen (secondary N) is 1. The van der Waals surface area contributed by atoms with Crippen LogP contribution in [0, 0.1) is 10.1 Å². The molecular weight excluding hydrogens is 236 g/mol. The van der Waals surface area contributed by atoms with E-state index in [0.717, 1.165) is 0 Å². The molecule has 0 saturated carbocycles. The zero-order valence-corrected chi connectivity index (χ0v) is 11.3. The zero-order chi connectivity index (χ0) is 13.9. The lowest BCUT2D eigenvalue weighted by atomic mass is 9.96. The fourth-order valence-electron chi connectivity index (χ4n) is 1.37. The van der Waals surface area contributed by atoms with E-state index in [9.17, 15) is 10.1 Å². The molecule has 0 unspecified atom stereocenters. The molecule has 0 aromatic carbocycles. The van der Waals surface area contributed by atoms with Gasteiger partial charge in [0.2, 0.25) is 5.82 Å². The summed E-state index contributed by atoms with van der Waals surface area (Å²) in [6.45, 7) is 8.18. The van der Waals surface area contributed by atoms with Crippen molar-refractivity contribution in [3.05, 3.63) is 15.9 Å². The molecule has 0 aliphatic rings. The van der Waals surface area contributed by atoms with Gasteiger partial charge in [-0.25, -0.2) is 4.98 Å². The van der Waals surface area contributed by atoms with Crippen LogP contribution in [0.15, 0.2) is 0 Å². The van der Waals surface area contributed by atoms with Crippen molar-refractivity contribution in [3.63, 3.8) is 0 Å². The SMILES string of the molecule is CCNc1nc(C(C)(C)C)nc(OC)c1[N+](=O)[O-]. The molecule has 0 aliphatic heterocycles. The quantitative estimate of drug-likeness (QED) is 0.653. The number of methoxy groups -OCH3 is 1. The number of nitro groups is 1. The third-order valence-electron chi connectivity index (χ3n) is 2.24. The van der Waals surface area contributed by atoms with Crippen molar-refractivity contribution in [2.75, 3.05) is 19.0 Å². The molecule has 0 saturated heterocycles. The minimum absolute atomic E-state index is 0.0177. The maximum absolute atomic E-state index is 11.0. The highest BCUT2D eigenvalue weighted by Gasteiger charge is 2.29. The second-order valence-electron chi connectivity index (χ2n) is 4.79. The molecule has 0 radical (unpaired) electrons. The predicted molar refractivity (Wildman–Crippen MR) is 68.1 cm³/mol. The van der Waals surface area contributed by atoms with E-state index in [4.69, 9.17) is 4.74 Å². The molecule has 1 N–H and O–H groups in total. The van der Waals surface area contributed by atoms with Crippen LogP contribution in [0.3, 0.4) is 0 Å². The molecule has 7 nitrogen and oxygen atoms in total. The van der Waals surface area contributed by atoms with Gasteiger partial charge in [0.05, 0.1) is 12.0 Å². The Balaban J connectivity index is 3.48. The number of anilines is 1. The highest BCUT2D eigenvalue weighted by molar-refractivity contribution is 5.61. The molecule has 100 valence electrons. The second kappa shape index (κ2) is 5.16. The Labute approximate surface area is 106 Å². The second-order valence-corrected chi connectivity index (χ2v) is 4.79. The summed E-state index contributed by atoms with van der Waals surface area (Å²) >= 11 is 0. The first-order valence-electron chi connectivity index (χ1n) is 5.66. The molecule has 1 heterocycles. The van der Waals surface area contributed by atoms with E-state index in [0.29, 0.717) is 12.4 Å². The topological polar surface area (TPSA) is 90.2 Å². The minimum Gasteiger partial charge on any atom is -0.476 e. The van der Waals surface area contributed by atoms with Crippen LogP contribution in [0.4, 0.5) is 11.5 Å². The third kappa shape index (κ3) is 2.85. The van der Waals surface area contributed by atoms with Crippen molar-refractivity contribution < 1.29 is 9.66 Å². The van der Waals surface area contributed by atoms with Crippen molar-refractivity contribution in [1.82, 2.24) is 9.97 Å². The van der Waals surface area contributed by atoms with E-state index in [2.05, 4.69) is 15.3 Å². The zero-order valence-electron chi connectivity index (χ0n) is 11.3. The van der Waals surface area contributed by atoms with Crippen molar-refractivity contribution in [3.8, 4) is 5.88 Å². The van der Waals surface area contributed by atoms with E-state index < -0.39 is 4.92 Å². The summed E-state index contributed by atoms with van der Waals surface area (Å²) in [5, 5.41) is 13.9. The van der Waals surface area contributed by atoms with Gasteiger partial charge >= 0.3 is 5.69 Å². The Morgan fingerprint density at radius 1 is 1.39 bits per heavy atom. The van der Waals surface area contributed by atoms with Crippen molar-refractivity contribution in [2.45, 2.75) is 33.1 Å². The van der Waals surface area contributed by atoms with Gasteiger partial charge in [0.1, 0.15) is 5.82 Å². The molecule has 0 fully saturated rings. The normalized spacial score (nSPS) is 11.2. The molecule has 0 amide bonds. The lowest BCUT2D eigenvalue weighted by molar-refractivity contribution is -0.385. The van der Waals surface area contributed by atoms with Gasteiger partial charge in [-0.05, 0) is 6.92 Å². The monoisotopic (exact) mass is 254 g/mol. The maximum Gasteiger partial charge on any atom is 0.372 e. The van der Waals surface area contributed by atoms with Crippen molar-refractivity contribution in [2.24, 2.45) is 0 Å². The minimum atomic E-state index is -0.538. The van der Waals surface area contributed by atoms with Crippen molar-refractivity contribution >= 4 is 11.5 Å². The van der Waals surface area contributed by atoms with Gasteiger partial charge < -0.3 is 10.1 Å². The van der Waals surface area contributed by atoms with Crippen LogP contribution in [0.5, 0.6) is 5.88 Å². The number of ether oxygens (including phenoxy) is 1. The Hall–Kier alpha value is -1.92. The summed E-state index contributed by atoms with van der Waals surface area (Å²) in [5.74, 6) is 0.677. The number of nitrogens with zero attached hydrogens (tertiary/aromatic N) is 3. The van der Waals surface area contributed by atoms with Crippen molar-refractivity contribution in [1.29, 1.82) is 0 Å². The fraction of sp³-hybridized carbons (Fsp3) is 0.636. The highest BCUT2D eigenvalue weighted by Crippen LogP contribution is 2.34. The average molecular weight is 254 g/mol. The maximum atomic E-state index is 11.0. The smallest absolute Gasteiger partial charge is 0.372 e. The van der Waals surface area contributed by atoms with Gasteiger partial charge in [0, 0.05) is 12.0 Å². The molecule has 0 atom stereocenters. The molecule has 0 bridgehead atoms. The van der Waals surface area contributed by atoms with Gasteiger partial charge in [0.25, 0.3) is 5.88 Å². The van der Waals surface area contributed by atoms with Crippen LogP contribution in [0.25, 0.3) is 0 Å². The van der Waals surface area contributed by atoms with Gasteiger partial charge in [-0.15, -0.1) is 0 Å². The van der Waals surface area contributed by atoms with Crippen LogP contribution in [0.2, 0.25) is 0 Å². The average Bonchev–Trinajstić information content (AvgIpc) is 2.26. The summed E-state index contributed by atoms with van der Waals surface area (Å²) in [6, 6.07) is 0. The molecule has 0 spiro atoms. The summed E-state index contributed by atoms with van der Waals surface area (Å²) in [4.78, 5) is 18.8. The molecular formula is C11H18N4O3. The molecule has 1 aromatic heterocycles. The van der Waals surface area contributed by atoms with E-state index in [1.54, 1.807) is 0 Å². The van der Waals surface area contributed by atoms with Gasteiger partial charge in [0.15, 0.2) is 0 Å². The Kier molecular flexibility index (Phi) is 4.05. The highest BCUT2D eigenvalue weighted by atomic mass is 16.6. The molecule has 7 heteroatoms. The fourth-order valence-corrected chi connectivity index (χ4v) is 1.37. The number of hydrogen-bond donors (Lipinski definition) is 1. The van der Waals surface area contributed by atoms with Gasteiger partial charge in [-0.3, -0.25) is 10.1 Å². The molecule has 0 aliphatic carbocycles. The van der Waals surface area contributed by atoms with Crippen LogP contribution >= 0.6 is 0 Å². The molecule has 1 rings (SSSR count). The van der Waals surface area contributed by atoms with E-state index in [-0.39, 0.29) is 22.8 Å². The van der Waals surface area contributed by atoms with Crippen LogP contribution < -0.4 is 10.1 Å². The third-order valence-corrected chi connectivity index (χ3v) is 2.24. The Bertz CT molecular complexity index is 454. The summed E-state index contributed by atoms with van der Waals surface area (Å²) < 4.78 is 5.00. The summed E-state index contributed by atoms with van der Waals surface area (Å²) in [6.07, 6.45) is 0. The lowest BCUT2D eigenvalue weighted by Crippen LogP contribution is -2.19. The predicted octanol–water partition coefficient (Wildman–Crippen LogP) is 2.12. The summed E-state index contributed by atoms with van der Waals surface area (Å²) in [7, 11) is 1.36. The van der Waals surface area contributed by atoms with E-state index in [1.807, 2.05) is 27.7 Å². The van der Waals surface area contributed by atoms with Gasteiger partial charge in [-0.2, -0.15) is 4.98 Å². The first-order valence-corrected chi connectivity index (χ1v) is 5.66. The first-order chi connectivity index (χ1) is 8.31. The Morgan fingerprint density at radius 3 is 2.39 bits per heavy atom. The number of rotatable bonds is 4. The molecule has 1 aromatic rings. The van der Waals surface area contributed by atoms with Crippen LogP contribution in [-0.2, 0) is 5.41 Å².